The highest BCUT2D eigenvalue weighted by Crippen LogP contribution is 2.24. The predicted molar refractivity (Wildman–Crippen MR) is 97.4 cm³/mol. The van der Waals surface area contributed by atoms with Crippen molar-refractivity contribution in [1.82, 2.24) is 14.8 Å². The van der Waals surface area contributed by atoms with Crippen molar-refractivity contribution in [3.05, 3.63) is 70.8 Å². The van der Waals surface area contributed by atoms with Crippen molar-refractivity contribution >= 4 is 23.4 Å². The van der Waals surface area contributed by atoms with Gasteiger partial charge in [-0.15, -0.1) is 10.2 Å². The predicted octanol–water partition coefficient (Wildman–Crippen LogP) is 4.96. The molecule has 1 aromatic heterocycles. The van der Waals surface area contributed by atoms with E-state index in [1.807, 2.05) is 29.7 Å². The molecular weight excluding hydrogens is 361 g/mol. The van der Waals surface area contributed by atoms with Crippen LogP contribution in [0.2, 0.25) is 5.02 Å². The Bertz CT molecular complexity index is 839. The van der Waals surface area contributed by atoms with Crippen LogP contribution >= 0.6 is 23.4 Å². The zero-order valence-corrected chi connectivity index (χ0v) is 15.2. The highest BCUT2D eigenvalue weighted by molar-refractivity contribution is 7.98. The molecule has 0 saturated carbocycles. The van der Waals surface area contributed by atoms with Gasteiger partial charge in [0.25, 0.3) is 0 Å². The normalized spacial score (nSPS) is 10.8. The van der Waals surface area contributed by atoms with Crippen molar-refractivity contribution in [2.45, 2.75) is 31.0 Å². The fourth-order valence-corrected chi connectivity index (χ4v) is 3.42. The lowest BCUT2D eigenvalue weighted by atomic mass is 10.2. The first kappa shape index (κ1) is 17.8. The Morgan fingerprint density at radius 3 is 2.60 bits per heavy atom. The minimum Gasteiger partial charge on any atom is -0.486 e. The van der Waals surface area contributed by atoms with Crippen LogP contribution in [0.3, 0.4) is 0 Å². The van der Waals surface area contributed by atoms with Crippen LogP contribution in [0.4, 0.5) is 4.39 Å². The van der Waals surface area contributed by atoms with Crippen LogP contribution < -0.4 is 4.74 Å². The fraction of sp³-hybridized carbons (Fsp3) is 0.222. The molecule has 0 unspecified atom stereocenters. The van der Waals surface area contributed by atoms with Crippen molar-refractivity contribution in [3.8, 4) is 5.75 Å². The maximum Gasteiger partial charge on any atom is 0.191 e. The van der Waals surface area contributed by atoms with E-state index in [2.05, 4.69) is 10.2 Å². The summed E-state index contributed by atoms with van der Waals surface area (Å²) in [6.45, 7) is 3.04. The second-order valence-corrected chi connectivity index (χ2v) is 6.64. The second kappa shape index (κ2) is 8.36. The van der Waals surface area contributed by atoms with Crippen LogP contribution in [-0.2, 0) is 18.9 Å². The van der Waals surface area contributed by atoms with Gasteiger partial charge in [-0.05, 0) is 42.8 Å². The van der Waals surface area contributed by atoms with Crippen LogP contribution in [0.1, 0.15) is 18.3 Å². The van der Waals surface area contributed by atoms with Gasteiger partial charge in [0.1, 0.15) is 18.2 Å². The lowest BCUT2D eigenvalue weighted by Gasteiger charge is -2.09. The van der Waals surface area contributed by atoms with Gasteiger partial charge < -0.3 is 9.30 Å². The largest absolute Gasteiger partial charge is 0.486 e. The standard InChI is InChI=1S/C18H17ClFN3OS/c1-2-23-17(11-24-15-9-7-14(19)8-10-15)21-22-18(23)25-12-13-5-3-4-6-16(13)20/h3-10H,2,11-12H2,1H3. The Hall–Kier alpha value is -2.05. The van der Waals surface area contributed by atoms with Crippen molar-refractivity contribution in [3.63, 3.8) is 0 Å². The molecule has 130 valence electrons. The first-order valence-corrected chi connectivity index (χ1v) is 9.20. The molecule has 0 saturated heterocycles. The molecule has 0 fully saturated rings. The van der Waals surface area contributed by atoms with Crippen molar-refractivity contribution in [2.75, 3.05) is 0 Å². The van der Waals surface area contributed by atoms with Crippen LogP contribution in [0.25, 0.3) is 0 Å². The Kier molecular flexibility index (Phi) is 5.94. The third-order valence-corrected chi connectivity index (χ3v) is 4.87. The molecule has 0 aliphatic carbocycles. The Morgan fingerprint density at radius 2 is 1.88 bits per heavy atom. The molecular formula is C18H17ClFN3OS. The van der Waals surface area contributed by atoms with Crippen LogP contribution in [0.15, 0.2) is 53.7 Å². The van der Waals surface area contributed by atoms with Gasteiger partial charge in [-0.2, -0.15) is 0 Å². The van der Waals surface area contributed by atoms with E-state index >= 15 is 0 Å². The molecule has 0 atom stereocenters. The van der Waals surface area contributed by atoms with Crippen LogP contribution in [0.5, 0.6) is 5.75 Å². The van der Waals surface area contributed by atoms with Gasteiger partial charge in [0.15, 0.2) is 11.0 Å². The Balaban J connectivity index is 1.66. The smallest absolute Gasteiger partial charge is 0.191 e. The second-order valence-electron chi connectivity index (χ2n) is 5.27. The molecule has 3 aromatic rings. The molecule has 4 nitrogen and oxygen atoms in total. The molecule has 0 bridgehead atoms. The summed E-state index contributed by atoms with van der Waals surface area (Å²) in [5.41, 5.74) is 0.650. The molecule has 0 radical (unpaired) electrons. The van der Waals surface area contributed by atoms with E-state index in [9.17, 15) is 4.39 Å². The number of nitrogens with zero attached hydrogens (tertiary/aromatic N) is 3. The summed E-state index contributed by atoms with van der Waals surface area (Å²) >= 11 is 7.32. The van der Waals surface area contributed by atoms with Crippen LogP contribution in [0, 0.1) is 5.82 Å². The number of hydrogen-bond donors (Lipinski definition) is 0. The van der Waals surface area contributed by atoms with Gasteiger partial charge in [0.05, 0.1) is 0 Å². The molecule has 0 aliphatic heterocycles. The molecule has 0 aliphatic rings. The van der Waals surface area contributed by atoms with Crippen molar-refractivity contribution < 1.29 is 9.13 Å². The van der Waals surface area contributed by atoms with E-state index < -0.39 is 0 Å². The number of rotatable bonds is 7. The molecule has 7 heteroatoms. The number of aromatic nitrogens is 3. The van der Waals surface area contributed by atoms with E-state index in [4.69, 9.17) is 16.3 Å². The fourth-order valence-electron chi connectivity index (χ4n) is 2.29. The van der Waals surface area contributed by atoms with Gasteiger partial charge >= 0.3 is 0 Å². The summed E-state index contributed by atoms with van der Waals surface area (Å²) in [7, 11) is 0. The zero-order valence-electron chi connectivity index (χ0n) is 13.7. The summed E-state index contributed by atoms with van der Waals surface area (Å²) in [6.07, 6.45) is 0. The molecule has 25 heavy (non-hydrogen) atoms. The quantitative estimate of drug-likeness (QED) is 0.545. The summed E-state index contributed by atoms with van der Waals surface area (Å²) in [5, 5.41) is 9.83. The van der Waals surface area contributed by atoms with Gasteiger partial charge in [-0.1, -0.05) is 41.6 Å². The number of hydrogen-bond acceptors (Lipinski definition) is 4. The molecule has 0 N–H and O–H groups in total. The topological polar surface area (TPSA) is 39.9 Å². The van der Waals surface area contributed by atoms with E-state index in [0.717, 1.165) is 16.7 Å². The zero-order chi connectivity index (χ0) is 17.6. The lowest BCUT2D eigenvalue weighted by molar-refractivity contribution is 0.288. The Morgan fingerprint density at radius 1 is 1.12 bits per heavy atom. The van der Waals surface area contributed by atoms with E-state index in [-0.39, 0.29) is 5.82 Å². The highest BCUT2D eigenvalue weighted by atomic mass is 35.5. The van der Waals surface area contributed by atoms with Crippen LogP contribution in [-0.4, -0.2) is 14.8 Å². The number of thioether (sulfide) groups is 1. The SMILES string of the molecule is CCn1c(COc2ccc(Cl)cc2)nnc1SCc1ccccc1F. The summed E-state index contributed by atoms with van der Waals surface area (Å²) in [4.78, 5) is 0. The van der Waals surface area contributed by atoms with E-state index in [1.54, 1.807) is 24.3 Å². The number of benzene rings is 2. The summed E-state index contributed by atoms with van der Waals surface area (Å²) in [5.74, 6) is 1.75. The maximum absolute atomic E-state index is 13.7. The van der Waals surface area contributed by atoms with Gasteiger partial charge in [-0.25, -0.2) is 4.39 Å². The summed E-state index contributed by atoms with van der Waals surface area (Å²) in [6, 6.07) is 13.9. The van der Waals surface area contributed by atoms with Gasteiger partial charge in [0, 0.05) is 17.3 Å². The maximum atomic E-state index is 13.7. The Labute approximate surface area is 155 Å². The number of halogens is 2. The average molecular weight is 378 g/mol. The van der Waals surface area contributed by atoms with E-state index in [1.165, 1.54) is 17.8 Å². The molecule has 2 aromatic carbocycles. The first-order chi connectivity index (χ1) is 12.2. The molecule has 0 spiro atoms. The van der Waals surface area contributed by atoms with Gasteiger partial charge in [-0.3, -0.25) is 0 Å². The molecule has 1 heterocycles. The monoisotopic (exact) mass is 377 g/mol. The minimum absolute atomic E-state index is 0.205. The van der Waals surface area contributed by atoms with Crippen molar-refractivity contribution in [2.24, 2.45) is 0 Å². The van der Waals surface area contributed by atoms with Gasteiger partial charge in [0.2, 0.25) is 0 Å². The molecule has 0 amide bonds. The third kappa shape index (κ3) is 4.52. The van der Waals surface area contributed by atoms with Crippen molar-refractivity contribution in [1.29, 1.82) is 0 Å². The number of ether oxygens (including phenoxy) is 1. The summed E-state index contributed by atoms with van der Waals surface area (Å²) < 4.78 is 21.4. The van der Waals surface area contributed by atoms with E-state index in [0.29, 0.717) is 29.5 Å². The minimum atomic E-state index is -0.205. The molecule has 3 rings (SSSR count). The highest BCUT2D eigenvalue weighted by Gasteiger charge is 2.13. The lowest BCUT2D eigenvalue weighted by Crippen LogP contribution is -2.07. The third-order valence-electron chi connectivity index (χ3n) is 3.61. The first-order valence-electron chi connectivity index (χ1n) is 7.84. The average Bonchev–Trinajstić information content (AvgIpc) is 3.02.